The van der Waals surface area contributed by atoms with E-state index in [0.29, 0.717) is 13.0 Å². The van der Waals surface area contributed by atoms with Crippen molar-refractivity contribution in [3.63, 3.8) is 0 Å². The fourth-order valence-corrected chi connectivity index (χ4v) is 3.81. The molecule has 0 unspecified atom stereocenters. The zero-order valence-electron chi connectivity index (χ0n) is 11.4. The van der Waals surface area contributed by atoms with Gasteiger partial charge in [0.15, 0.2) is 0 Å². The Morgan fingerprint density at radius 3 is 2.72 bits per heavy atom. The molecule has 0 aromatic heterocycles. The molecule has 4 nitrogen and oxygen atoms in total. The normalized spacial score (nSPS) is 31.9. The lowest BCUT2D eigenvalue weighted by atomic mass is 9.80. The molecule has 0 spiro atoms. The van der Waals surface area contributed by atoms with E-state index in [-0.39, 0.29) is 16.6 Å². The van der Waals surface area contributed by atoms with Crippen molar-refractivity contribution in [2.75, 3.05) is 25.4 Å². The Morgan fingerprint density at radius 2 is 2.11 bits per heavy atom. The molecule has 18 heavy (non-hydrogen) atoms. The van der Waals surface area contributed by atoms with Gasteiger partial charge in [0.05, 0.1) is 0 Å². The molecule has 0 aliphatic carbocycles. The lowest BCUT2D eigenvalue weighted by molar-refractivity contribution is -0.152. The van der Waals surface area contributed by atoms with Gasteiger partial charge in [-0.2, -0.15) is 11.8 Å². The first-order valence-electron chi connectivity index (χ1n) is 6.57. The predicted octanol–water partition coefficient (Wildman–Crippen LogP) is 1.26. The maximum atomic E-state index is 12.6. The van der Waals surface area contributed by atoms with Crippen LogP contribution in [0.25, 0.3) is 0 Å². The van der Waals surface area contributed by atoms with E-state index in [9.17, 15) is 9.59 Å². The minimum atomic E-state index is -0.851. The topological polar surface area (TPSA) is 49.4 Å². The molecule has 2 aliphatic heterocycles. The second kappa shape index (κ2) is 4.76. The van der Waals surface area contributed by atoms with Crippen molar-refractivity contribution in [3.05, 3.63) is 0 Å². The van der Waals surface area contributed by atoms with Crippen LogP contribution in [0.3, 0.4) is 0 Å². The number of carbonyl (C=O) groups is 2. The van der Waals surface area contributed by atoms with Gasteiger partial charge >= 0.3 is 0 Å². The van der Waals surface area contributed by atoms with Crippen molar-refractivity contribution in [1.29, 1.82) is 0 Å². The highest BCUT2D eigenvalue weighted by Crippen LogP contribution is 2.34. The zero-order chi connectivity index (χ0) is 13.4. The minimum absolute atomic E-state index is 0.00748. The van der Waals surface area contributed by atoms with Crippen molar-refractivity contribution in [2.24, 2.45) is 5.41 Å². The van der Waals surface area contributed by atoms with Gasteiger partial charge in [0.25, 0.3) is 0 Å². The molecule has 2 fully saturated rings. The molecule has 1 atom stereocenters. The van der Waals surface area contributed by atoms with E-state index in [4.69, 9.17) is 0 Å². The predicted molar refractivity (Wildman–Crippen MR) is 73.5 cm³/mol. The van der Waals surface area contributed by atoms with Gasteiger partial charge in [0.1, 0.15) is 5.41 Å². The van der Waals surface area contributed by atoms with Crippen molar-refractivity contribution in [1.82, 2.24) is 10.2 Å². The van der Waals surface area contributed by atoms with Crippen LogP contribution in [0.1, 0.15) is 33.6 Å². The number of rotatable bonds is 1. The summed E-state index contributed by atoms with van der Waals surface area (Å²) in [7, 11) is 0. The molecule has 2 heterocycles. The van der Waals surface area contributed by atoms with E-state index in [1.807, 2.05) is 16.7 Å². The average molecular weight is 270 g/mol. The summed E-state index contributed by atoms with van der Waals surface area (Å²) in [5.41, 5.74) is -0.851. The van der Waals surface area contributed by atoms with Crippen LogP contribution in [-0.4, -0.2) is 46.8 Å². The molecule has 0 aromatic rings. The minimum Gasteiger partial charge on any atom is -0.355 e. The number of carbonyl (C=O) groups excluding carboxylic acids is 2. The summed E-state index contributed by atoms with van der Waals surface area (Å²) in [5, 5.41) is 2.82. The van der Waals surface area contributed by atoms with Gasteiger partial charge in [-0.25, -0.2) is 0 Å². The Labute approximate surface area is 113 Å². The van der Waals surface area contributed by atoms with Crippen molar-refractivity contribution < 1.29 is 9.59 Å². The van der Waals surface area contributed by atoms with Crippen LogP contribution in [0.4, 0.5) is 0 Å². The molecule has 2 aliphatic rings. The molecule has 2 rings (SSSR count). The Hall–Kier alpha value is -0.710. The van der Waals surface area contributed by atoms with Crippen LogP contribution in [-0.2, 0) is 9.59 Å². The van der Waals surface area contributed by atoms with Crippen molar-refractivity contribution >= 4 is 23.6 Å². The maximum absolute atomic E-state index is 12.6. The van der Waals surface area contributed by atoms with E-state index < -0.39 is 5.41 Å². The van der Waals surface area contributed by atoms with E-state index in [1.54, 1.807) is 6.92 Å². The van der Waals surface area contributed by atoms with Gasteiger partial charge in [0.2, 0.25) is 11.8 Å². The highest BCUT2D eigenvalue weighted by atomic mass is 32.2. The molecule has 0 saturated carbocycles. The second-order valence-electron chi connectivity index (χ2n) is 6.03. The number of piperidine rings is 1. The van der Waals surface area contributed by atoms with Gasteiger partial charge in [-0.15, -0.1) is 0 Å². The van der Waals surface area contributed by atoms with E-state index in [2.05, 4.69) is 19.2 Å². The van der Waals surface area contributed by atoms with Gasteiger partial charge in [-0.05, 0) is 33.6 Å². The summed E-state index contributed by atoms with van der Waals surface area (Å²) in [5.74, 6) is 0.860. The molecule has 2 saturated heterocycles. The first-order valence-corrected chi connectivity index (χ1v) is 7.55. The molecule has 102 valence electrons. The summed E-state index contributed by atoms with van der Waals surface area (Å²) in [6.07, 6.45) is 1.56. The van der Waals surface area contributed by atoms with Crippen LogP contribution in [0, 0.1) is 5.41 Å². The largest absolute Gasteiger partial charge is 0.355 e. The summed E-state index contributed by atoms with van der Waals surface area (Å²) in [6.45, 7) is 8.29. The van der Waals surface area contributed by atoms with E-state index in [0.717, 1.165) is 25.3 Å². The molecule has 0 bridgehead atoms. The zero-order valence-corrected chi connectivity index (χ0v) is 12.2. The third-order valence-electron chi connectivity index (χ3n) is 3.83. The quantitative estimate of drug-likeness (QED) is 0.730. The fraction of sp³-hybridized carbons (Fsp3) is 0.846. The lowest BCUT2D eigenvalue weighted by Gasteiger charge is -2.42. The summed E-state index contributed by atoms with van der Waals surface area (Å²) < 4.78 is 0.0927. The lowest BCUT2D eigenvalue weighted by Crippen LogP contribution is -2.57. The van der Waals surface area contributed by atoms with Crippen LogP contribution in [0.2, 0.25) is 0 Å². The van der Waals surface area contributed by atoms with E-state index >= 15 is 0 Å². The maximum Gasteiger partial charge on any atom is 0.238 e. The first kappa shape index (κ1) is 13.7. The smallest absolute Gasteiger partial charge is 0.238 e. The third kappa shape index (κ3) is 2.51. The van der Waals surface area contributed by atoms with E-state index in [1.165, 1.54) is 0 Å². The van der Waals surface area contributed by atoms with Gasteiger partial charge in [-0.3, -0.25) is 9.59 Å². The summed E-state index contributed by atoms with van der Waals surface area (Å²) in [4.78, 5) is 26.5. The van der Waals surface area contributed by atoms with Crippen LogP contribution >= 0.6 is 11.8 Å². The molecule has 1 N–H and O–H groups in total. The summed E-state index contributed by atoms with van der Waals surface area (Å²) >= 11 is 1.89. The second-order valence-corrected chi connectivity index (χ2v) is 7.83. The highest BCUT2D eigenvalue weighted by Gasteiger charge is 2.46. The number of hydrogen-bond acceptors (Lipinski definition) is 3. The van der Waals surface area contributed by atoms with Crippen LogP contribution in [0.15, 0.2) is 0 Å². The number of nitrogens with one attached hydrogen (secondary N) is 1. The van der Waals surface area contributed by atoms with Gasteiger partial charge in [0, 0.05) is 30.1 Å². The molecule has 5 heteroatoms. The Kier molecular flexibility index (Phi) is 3.63. The molecule has 0 radical (unpaired) electrons. The Morgan fingerprint density at radius 1 is 1.39 bits per heavy atom. The Bertz CT molecular complexity index is 370. The van der Waals surface area contributed by atoms with Crippen LogP contribution in [0.5, 0.6) is 0 Å². The molecular weight excluding hydrogens is 248 g/mol. The first-order chi connectivity index (χ1) is 8.35. The number of thioether (sulfide) groups is 1. The molecule has 0 aromatic carbocycles. The Balaban J connectivity index is 2.12. The van der Waals surface area contributed by atoms with Crippen molar-refractivity contribution in [2.45, 2.75) is 38.4 Å². The highest BCUT2D eigenvalue weighted by molar-refractivity contribution is 8.00. The van der Waals surface area contributed by atoms with Crippen molar-refractivity contribution in [3.8, 4) is 0 Å². The molecule has 2 amide bonds. The monoisotopic (exact) mass is 270 g/mol. The fourth-order valence-electron chi connectivity index (χ4n) is 2.70. The molecular formula is C13H22N2O2S. The average Bonchev–Trinajstić information content (AvgIpc) is 2.31. The van der Waals surface area contributed by atoms with Crippen LogP contribution < -0.4 is 5.32 Å². The van der Waals surface area contributed by atoms with Gasteiger partial charge in [-0.1, -0.05) is 0 Å². The van der Waals surface area contributed by atoms with Gasteiger partial charge < -0.3 is 10.2 Å². The number of hydrogen-bond donors (Lipinski definition) is 1. The third-order valence-corrected chi connectivity index (χ3v) is 5.12. The number of amides is 2. The summed E-state index contributed by atoms with van der Waals surface area (Å²) in [6, 6.07) is 0. The standard InChI is InChI=1S/C13H22N2O2S/c1-12(2)9-15(7-8-18-12)11(17)13(3)5-4-6-14-10(13)16/h4-9H2,1-3H3,(H,14,16)/t13-/m0/s1. The number of nitrogens with zero attached hydrogens (tertiary/aromatic N) is 1. The SMILES string of the molecule is CC1(C)CN(C(=O)[C@@]2(C)CCCNC2=O)CCS1.